The van der Waals surface area contributed by atoms with Gasteiger partial charge in [0.25, 0.3) is 0 Å². The number of benzene rings is 2. The molecule has 0 unspecified atom stereocenters. The molecular weight excluding hydrogens is 378 g/mol. The highest BCUT2D eigenvalue weighted by molar-refractivity contribution is 7.89. The van der Waals surface area contributed by atoms with Crippen molar-refractivity contribution in [3.8, 4) is 11.1 Å². The van der Waals surface area contributed by atoms with E-state index in [1.165, 1.54) is 11.7 Å². The molecule has 0 saturated carbocycles. The van der Waals surface area contributed by atoms with Crippen molar-refractivity contribution >= 4 is 21.6 Å². The second-order valence-electron chi connectivity index (χ2n) is 6.13. The van der Waals surface area contributed by atoms with Gasteiger partial charge in [-0.2, -0.15) is 15.0 Å². The molecule has 0 aliphatic heterocycles. The molecule has 0 aliphatic carbocycles. The van der Waals surface area contributed by atoms with Crippen LogP contribution in [0.25, 0.3) is 11.1 Å². The van der Waals surface area contributed by atoms with Crippen molar-refractivity contribution in [2.24, 2.45) is 0 Å². The lowest BCUT2D eigenvalue weighted by Gasteiger charge is -2.08. The summed E-state index contributed by atoms with van der Waals surface area (Å²) in [6.07, 6.45) is 1.54. The standard InChI is InChI=1S/C19H21N5O3S/c1-3-24-20-12-18(23-24)13-21-28(26,27)19-10-6-16(7-11-19)15-4-8-17(9-5-15)22-14(2)25/h4-12,21H,3,13H2,1-2H3,(H,22,25). The van der Waals surface area contributed by atoms with Crippen LogP contribution >= 0.6 is 0 Å². The first-order valence-corrected chi connectivity index (χ1v) is 10.2. The van der Waals surface area contributed by atoms with E-state index in [0.717, 1.165) is 11.1 Å². The molecule has 1 aromatic heterocycles. The van der Waals surface area contributed by atoms with Crippen molar-refractivity contribution in [1.29, 1.82) is 0 Å². The van der Waals surface area contributed by atoms with Gasteiger partial charge in [-0.05, 0) is 42.3 Å². The Kier molecular flexibility index (Phi) is 5.86. The lowest BCUT2D eigenvalue weighted by Crippen LogP contribution is -2.23. The Morgan fingerprint density at radius 2 is 1.64 bits per heavy atom. The first-order valence-electron chi connectivity index (χ1n) is 8.74. The van der Waals surface area contributed by atoms with Crippen LogP contribution in [0, 0.1) is 0 Å². The molecule has 28 heavy (non-hydrogen) atoms. The number of nitrogens with one attached hydrogen (secondary N) is 2. The minimum atomic E-state index is -3.65. The minimum absolute atomic E-state index is 0.0781. The average molecular weight is 399 g/mol. The van der Waals surface area contributed by atoms with Crippen LogP contribution in [0.1, 0.15) is 19.5 Å². The summed E-state index contributed by atoms with van der Waals surface area (Å²) in [6.45, 7) is 4.06. The largest absolute Gasteiger partial charge is 0.326 e. The van der Waals surface area contributed by atoms with Gasteiger partial charge in [-0.3, -0.25) is 4.79 Å². The van der Waals surface area contributed by atoms with Crippen LogP contribution in [0.5, 0.6) is 0 Å². The molecule has 0 bridgehead atoms. The number of hydrogen-bond acceptors (Lipinski definition) is 5. The van der Waals surface area contributed by atoms with Gasteiger partial charge < -0.3 is 5.32 Å². The number of nitrogens with zero attached hydrogens (tertiary/aromatic N) is 3. The van der Waals surface area contributed by atoms with Gasteiger partial charge >= 0.3 is 0 Å². The van der Waals surface area contributed by atoms with Gasteiger partial charge in [-0.1, -0.05) is 24.3 Å². The second kappa shape index (κ2) is 8.32. The van der Waals surface area contributed by atoms with Crippen molar-refractivity contribution in [2.45, 2.75) is 31.8 Å². The second-order valence-corrected chi connectivity index (χ2v) is 7.90. The molecule has 3 rings (SSSR count). The summed E-state index contributed by atoms with van der Waals surface area (Å²) >= 11 is 0. The Bertz CT molecular complexity index is 1060. The molecule has 0 atom stereocenters. The Morgan fingerprint density at radius 3 is 2.18 bits per heavy atom. The molecule has 0 aliphatic rings. The number of sulfonamides is 1. The molecule has 1 heterocycles. The lowest BCUT2D eigenvalue weighted by atomic mass is 10.1. The number of carbonyl (C=O) groups excluding carboxylic acids is 1. The van der Waals surface area contributed by atoms with Gasteiger partial charge in [-0.15, -0.1) is 0 Å². The van der Waals surface area contributed by atoms with Crippen LogP contribution in [0.3, 0.4) is 0 Å². The molecule has 0 saturated heterocycles. The maximum Gasteiger partial charge on any atom is 0.240 e. The maximum absolute atomic E-state index is 12.5. The molecular formula is C19H21N5O3S. The summed E-state index contributed by atoms with van der Waals surface area (Å²) in [7, 11) is -3.65. The molecule has 9 heteroatoms. The molecule has 2 N–H and O–H groups in total. The predicted octanol–water partition coefficient (Wildman–Crippen LogP) is 2.40. The summed E-state index contributed by atoms with van der Waals surface area (Å²) in [4.78, 5) is 12.7. The Labute approximate surface area is 163 Å². The van der Waals surface area contributed by atoms with Crippen molar-refractivity contribution in [3.63, 3.8) is 0 Å². The van der Waals surface area contributed by atoms with Crippen LogP contribution < -0.4 is 10.0 Å². The zero-order valence-electron chi connectivity index (χ0n) is 15.6. The Balaban J connectivity index is 1.69. The Hall–Kier alpha value is -3.04. The van der Waals surface area contributed by atoms with Crippen LogP contribution in [0.4, 0.5) is 5.69 Å². The van der Waals surface area contributed by atoms with Gasteiger partial charge in [-0.25, -0.2) is 13.1 Å². The minimum Gasteiger partial charge on any atom is -0.326 e. The molecule has 1 amide bonds. The van der Waals surface area contributed by atoms with Gasteiger partial charge in [0.15, 0.2) is 0 Å². The maximum atomic E-state index is 12.5. The summed E-state index contributed by atoms with van der Waals surface area (Å²) < 4.78 is 27.5. The number of rotatable bonds is 7. The van der Waals surface area contributed by atoms with Gasteiger partial charge in [0, 0.05) is 12.6 Å². The van der Waals surface area contributed by atoms with E-state index in [1.807, 2.05) is 19.1 Å². The molecule has 0 radical (unpaired) electrons. The van der Waals surface area contributed by atoms with Gasteiger partial charge in [0.2, 0.25) is 15.9 Å². The molecule has 0 fully saturated rings. The topological polar surface area (TPSA) is 106 Å². The number of aryl methyl sites for hydroxylation is 1. The fourth-order valence-corrected chi connectivity index (χ4v) is 3.59. The van der Waals surface area contributed by atoms with Crippen molar-refractivity contribution in [1.82, 2.24) is 19.7 Å². The monoisotopic (exact) mass is 399 g/mol. The smallest absolute Gasteiger partial charge is 0.240 e. The summed E-state index contributed by atoms with van der Waals surface area (Å²) in [5.74, 6) is -0.132. The molecule has 2 aromatic carbocycles. The lowest BCUT2D eigenvalue weighted by molar-refractivity contribution is -0.114. The van der Waals surface area contributed by atoms with Crippen LogP contribution in [-0.4, -0.2) is 29.3 Å². The predicted molar refractivity (Wildman–Crippen MR) is 106 cm³/mol. The Morgan fingerprint density at radius 1 is 1.04 bits per heavy atom. The quantitative estimate of drug-likeness (QED) is 0.635. The van der Waals surface area contributed by atoms with Gasteiger partial charge in [0.1, 0.15) is 0 Å². The molecule has 146 valence electrons. The van der Waals surface area contributed by atoms with E-state index in [0.29, 0.717) is 17.9 Å². The van der Waals surface area contributed by atoms with Gasteiger partial charge in [0.05, 0.1) is 29.9 Å². The normalized spacial score (nSPS) is 11.4. The highest BCUT2D eigenvalue weighted by Gasteiger charge is 2.14. The van der Waals surface area contributed by atoms with E-state index in [-0.39, 0.29) is 17.3 Å². The number of amides is 1. The van der Waals surface area contributed by atoms with Crippen LogP contribution in [0.15, 0.2) is 59.6 Å². The van der Waals surface area contributed by atoms with E-state index >= 15 is 0 Å². The van der Waals surface area contributed by atoms with E-state index in [1.54, 1.807) is 42.6 Å². The van der Waals surface area contributed by atoms with Crippen LogP contribution in [0.2, 0.25) is 0 Å². The van der Waals surface area contributed by atoms with E-state index < -0.39 is 10.0 Å². The third-order valence-electron chi connectivity index (χ3n) is 4.01. The van der Waals surface area contributed by atoms with E-state index in [4.69, 9.17) is 0 Å². The van der Waals surface area contributed by atoms with Crippen molar-refractivity contribution in [2.75, 3.05) is 5.32 Å². The summed E-state index contributed by atoms with van der Waals surface area (Å²) in [5.41, 5.74) is 3.06. The highest BCUT2D eigenvalue weighted by atomic mass is 32.2. The molecule has 0 spiro atoms. The first kappa shape index (κ1) is 19.7. The van der Waals surface area contributed by atoms with E-state index in [2.05, 4.69) is 20.2 Å². The average Bonchev–Trinajstić information content (AvgIpc) is 3.15. The fraction of sp³-hybridized carbons (Fsp3) is 0.211. The van der Waals surface area contributed by atoms with E-state index in [9.17, 15) is 13.2 Å². The van der Waals surface area contributed by atoms with Crippen molar-refractivity contribution in [3.05, 3.63) is 60.4 Å². The number of carbonyl (C=O) groups is 1. The van der Waals surface area contributed by atoms with Crippen LogP contribution in [-0.2, 0) is 27.9 Å². The number of aromatic nitrogens is 3. The third kappa shape index (κ3) is 4.81. The molecule has 8 nitrogen and oxygen atoms in total. The first-order chi connectivity index (χ1) is 13.4. The number of anilines is 1. The zero-order valence-corrected chi connectivity index (χ0v) is 16.4. The highest BCUT2D eigenvalue weighted by Crippen LogP contribution is 2.23. The molecule has 3 aromatic rings. The third-order valence-corrected chi connectivity index (χ3v) is 5.43. The number of hydrogen-bond donors (Lipinski definition) is 2. The fourth-order valence-electron chi connectivity index (χ4n) is 2.59. The summed E-state index contributed by atoms with van der Waals surface area (Å²) in [5, 5.41) is 10.9. The summed E-state index contributed by atoms with van der Waals surface area (Å²) in [6, 6.07) is 13.9. The zero-order chi connectivity index (χ0) is 20.1. The van der Waals surface area contributed by atoms with Crippen molar-refractivity contribution < 1.29 is 13.2 Å². The SMILES string of the molecule is CCn1ncc(CNS(=O)(=O)c2ccc(-c3ccc(NC(C)=O)cc3)cc2)n1.